The predicted molar refractivity (Wildman–Crippen MR) is 142 cm³/mol. The number of carbonyl (C=O) groups is 2. The number of aryl methyl sites for hydroxylation is 2. The first-order valence-corrected chi connectivity index (χ1v) is 12.3. The van der Waals surface area contributed by atoms with Crippen LogP contribution in [0.4, 0.5) is 5.69 Å². The van der Waals surface area contributed by atoms with Gasteiger partial charge in [-0.05, 0) is 78.9 Å². The van der Waals surface area contributed by atoms with E-state index in [4.69, 9.17) is 18.9 Å². The second kappa shape index (κ2) is 10.1. The van der Waals surface area contributed by atoms with Crippen molar-refractivity contribution in [1.29, 1.82) is 0 Å². The van der Waals surface area contributed by atoms with Crippen LogP contribution >= 0.6 is 0 Å². The molecule has 1 atom stereocenters. The zero-order valence-corrected chi connectivity index (χ0v) is 21.7. The summed E-state index contributed by atoms with van der Waals surface area (Å²) in [7, 11) is 4.49. The Balaban J connectivity index is 1.75. The molecule has 8 heteroatoms. The van der Waals surface area contributed by atoms with E-state index in [0.717, 1.165) is 29.7 Å². The molecule has 0 aliphatic carbocycles. The van der Waals surface area contributed by atoms with Crippen LogP contribution < -0.4 is 23.8 Å². The van der Waals surface area contributed by atoms with Gasteiger partial charge in [0, 0.05) is 11.3 Å². The lowest BCUT2D eigenvalue weighted by Gasteiger charge is -2.27. The summed E-state index contributed by atoms with van der Waals surface area (Å²) in [5, 5.41) is 11.6. The molecule has 0 radical (unpaired) electrons. The van der Waals surface area contributed by atoms with Crippen molar-refractivity contribution < 1.29 is 33.6 Å². The lowest BCUT2D eigenvalue weighted by molar-refractivity contribution is -0.132. The Bertz CT molecular complexity index is 1430. The minimum absolute atomic E-state index is 0.0255. The fraction of sp³-hybridized carbons (Fsp3) is 0.267. The monoisotopic (exact) mass is 515 g/mol. The molecule has 1 N–H and O–H groups in total. The average Bonchev–Trinajstić information content (AvgIpc) is 3.21. The summed E-state index contributed by atoms with van der Waals surface area (Å²) >= 11 is 0. The van der Waals surface area contributed by atoms with E-state index >= 15 is 0 Å². The Hall–Kier alpha value is -4.46. The molecule has 1 unspecified atom stereocenters. The van der Waals surface area contributed by atoms with E-state index in [1.807, 2.05) is 31.2 Å². The van der Waals surface area contributed by atoms with E-state index in [1.165, 1.54) is 26.2 Å². The lowest BCUT2D eigenvalue weighted by Crippen LogP contribution is -2.29. The van der Waals surface area contributed by atoms with Crippen molar-refractivity contribution in [3.05, 3.63) is 82.4 Å². The third-order valence-corrected chi connectivity index (χ3v) is 6.91. The minimum atomic E-state index is -0.946. The number of ketones is 1. The van der Waals surface area contributed by atoms with Gasteiger partial charge in [0.1, 0.15) is 11.5 Å². The second-order valence-corrected chi connectivity index (χ2v) is 9.24. The maximum Gasteiger partial charge on any atom is 0.300 e. The zero-order valence-electron chi connectivity index (χ0n) is 21.7. The van der Waals surface area contributed by atoms with Crippen LogP contribution in [0.15, 0.2) is 60.2 Å². The summed E-state index contributed by atoms with van der Waals surface area (Å²) in [6.45, 7) is 2.55. The average molecular weight is 516 g/mol. The molecule has 1 amide bonds. The van der Waals surface area contributed by atoms with Gasteiger partial charge in [-0.1, -0.05) is 12.1 Å². The van der Waals surface area contributed by atoms with Crippen LogP contribution in [-0.2, 0) is 16.0 Å². The number of carbonyl (C=O) groups excluding carboxylic acids is 2. The Kier molecular flexibility index (Phi) is 6.72. The lowest BCUT2D eigenvalue weighted by atomic mass is 9.93. The quantitative estimate of drug-likeness (QED) is 0.281. The van der Waals surface area contributed by atoms with Gasteiger partial charge in [-0.15, -0.1) is 0 Å². The van der Waals surface area contributed by atoms with Crippen molar-refractivity contribution in [3.63, 3.8) is 0 Å². The number of nitrogens with zero attached hydrogens (tertiary/aromatic N) is 1. The third-order valence-electron chi connectivity index (χ3n) is 6.91. The molecule has 3 aromatic rings. The summed E-state index contributed by atoms with van der Waals surface area (Å²) in [6, 6.07) is 15.0. The molecule has 3 aromatic carbocycles. The number of Topliss-reactive ketones (excluding diaryl/α,β-unsaturated/α-hetero) is 1. The first-order chi connectivity index (χ1) is 18.4. The standard InChI is InChI=1S/C30H29NO7/c1-17-7-5-9-21(13-17)31-26(20-15-23(35-2)29(37-4)24(16-20)36-3)25(28(33)30(31)34)27(32)19-10-11-22-18(14-19)8-6-12-38-22/h5,7,9-11,13-16,26,32H,6,8,12H2,1-4H3/b27-25+. The molecule has 196 valence electrons. The van der Waals surface area contributed by atoms with Crippen LogP contribution in [0.1, 0.15) is 34.7 Å². The largest absolute Gasteiger partial charge is 0.507 e. The first-order valence-electron chi connectivity index (χ1n) is 12.3. The Labute approximate surface area is 221 Å². The Morgan fingerprint density at radius 3 is 2.37 bits per heavy atom. The molecule has 0 spiro atoms. The number of hydrogen-bond donors (Lipinski definition) is 1. The highest BCUT2D eigenvalue weighted by Gasteiger charge is 2.47. The van der Waals surface area contributed by atoms with E-state index < -0.39 is 17.7 Å². The summed E-state index contributed by atoms with van der Waals surface area (Å²) in [5.41, 5.74) is 3.32. The van der Waals surface area contributed by atoms with Crippen molar-refractivity contribution in [1.82, 2.24) is 0 Å². The topological polar surface area (TPSA) is 94.5 Å². The van der Waals surface area contributed by atoms with Crippen molar-refractivity contribution in [2.24, 2.45) is 0 Å². The molecule has 2 aliphatic rings. The van der Waals surface area contributed by atoms with Crippen LogP contribution in [0, 0.1) is 6.92 Å². The number of fused-ring (bicyclic) bond motifs is 1. The summed E-state index contributed by atoms with van der Waals surface area (Å²) in [6.07, 6.45) is 1.66. The van der Waals surface area contributed by atoms with Crippen molar-refractivity contribution in [3.8, 4) is 23.0 Å². The number of rotatable bonds is 6. The van der Waals surface area contributed by atoms with Gasteiger partial charge in [-0.3, -0.25) is 14.5 Å². The van der Waals surface area contributed by atoms with Crippen molar-refractivity contribution in [2.75, 3.05) is 32.8 Å². The Morgan fingerprint density at radius 2 is 1.71 bits per heavy atom. The molecule has 38 heavy (non-hydrogen) atoms. The van der Waals surface area contributed by atoms with Crippen molar-refractivity contribution >= 4 is 23.1 Å². The highest BCUT2D eigenvalue weighted by atomic mass is 16.5. The SMILES string of the molecule is COc1cc(C2/C(=C(\O)c3ccc4c(c3)CCCO4)C(=O)C(=O)N2c2cccc(C)c2)cc(OC)c1OC. The molecule has 0 saturated carbocycles. The molecule has 2 heterocycles. The summed E-state index contributed by atoms with van der Waals surface area (Å²) < 4.78 is 22.3. The maximum absolute atomic E-state index is 13.6. The fourth-order valence-electron chi connectivity index (χ4n) is 5.11. The number of anilines is 1. The van der Waals surface area contributed by atoms with E-state index in [1.54, 1.807) is 30.3 Å². The van der Waals surface area contributed by atoms with E-state index in [0.29, 0.717) is 40.7 Å². The van der Waals surface area contributed by atoms with Gasteiger partial charge in [0.2, 0.25) is 5.75 Å². The highest BCUT2D eigenvalue weighted by molar-refractivity contribution is 6.51. The van der Waals surface area contributed by atoms with Crippen LogP contribution in [-0.4, -0.2) is 44.7 Å². The Morgan fingerprint density at radius 1 is 0.974 bits per heavy atom. The van der Waals surface area contributed by atoms with Gasteiger partial charge < -0.3 is 24.1 Å². The number of amides is 1. The normalized spacial score (nSPS) is 18.1. The number of methoxy groups -OCH3 is 3. The first kappa shape index (κ1) is 25.2. The molecular formula is C30H29NO7. The van der Waals surface area contributed by atoms with Gasteiger partial charge >= 0.3 is 0 Å². The molecule has 0 bridgehead atoms. The number of aliphatic hydroxyl groups is 1. The number of hydrogen-bond acceptors (Lipinski definition) is 7. The van der Waals surface area contributed by atoms with Gasteiger partial charge in [-0.2, -0.15) is 0 Å². The summed E-state index contributed by atoms with van der Waals surface area (Å²) in [5.74, 6) is 0.0832. The third kappa shape index (κ3) is 4.22. The van der Waals surface area contributed by atoms with E-state index in [2.05, 4.69) is 0 Å². The van der Waals surface area contributed by atoms with E-state index in [9.17, 15) is 14.7 Å². The smallest absolute Gasteiger partial charge is 0.300 e. The zero-order chi connectivity index (χ0) is 27.0. The van der Waals surface area contributed by atoms with Gasteiger partial charge in [0.15, 0.2) is 11.5 Å². The molecule has 2 aliphatic heterocycles. The van der Waals surface area contributed by atoms with Crippen molar-refractivity contribution in [2.45, 2.75) is 25.8 Å². The highest BCUT2D eigenvalue weighted by Crippen LogP contribution is 2.47. The number of ether oxygens (including phenoxy) is 4. The van der Waals surface area contributed by atoms with Crippen LogP contribution in [0.5, 0.6) is 23.0 Å². The van der Waals surface area contributed by atoms with Gasteiger partial charge in [0.25, 0.3) is 11.7 Å². The van der Waals surface area contributed by atoms with Gasteiger partial charge in [0.05, 0.1) is 39.6 Å². The van der Waals surface area contributed by atoms with Crippen LogP contribution in [0.25, 0.3) is 5.76 Å². The maximum atomic E-state index is 13.6. The molecule has 0 aromatic heterocycles. The number of benzene rings is 3. The molecule has 1 fully saturated rings. The number of aliphatic hydroxyl groups excluding tert-OH is 1. The van der Waals surface area contributed by atoms with Gasteiger partial charge in [-0.25, -0.2) is 0 Å². The summed E-state index contributed by atoms with van der Waals surface area (Å²) in [4.78, 5) is 28.5. The predicted octanol–water partition coefficient (Wildman–Crippen LogP) is 4.97. The minimum Gasteiger partial charge on any atom is -0.507 e. The second-order valence-electron chi connectivity index (χ2n) is 9.24. The molecule has 1 saturated heterocycles. The molecule has 8 nitrogen and oxygen atoms in total. The fourth-order valence-corrected chi connectivity index (χ4v) is 5.11. The molecule has 5 rings (SSSR count). The van der Waals surface area contributed by atoms with Crippen LogP contribution in [0.3, 0.4) is 0 Å². The molecular weight excluding hydrogens is 486 g/mol. The van der Waals surface area contributed by atoms with E-state index in [-0.39, 0.29) is 11.3 Å². The van der Waals surface area contributed by atoms with Crippen LogP contribution in [0.2, 0.25) is 0 Å².